The van der Waals surface area contributed by atoms with E-state index in [4.69, 9.17) is 10.5 Å². The lowest BCUT2D eigenvalue weighted by atomic mass is 10.0. The number of cyclic esters (lactones) is 1. The summed E-state index contributed by atoms with van der Waals surface area (Å²) in [4.78, 5) is 24.5. The number of carbonyl (C=O) groups is 2. The monoisotopic (exact) mass is 427 g/mol. The number of amides is 2. The zero-order valence-corrected chi connectivity index (χ0v) is 16.8. The maximum absolute atomic E-state index is 14.8. The van der Waals surface area contributed by atoms with Crippen molar-refractivity contribution >= 4 is 34.2 Å². The second-order valence-corrected chi connectivity index (χ2v) is 7.75. The summed E-state index contributed by atoms with van der Waals surface area (Å²) in [6.07, 6.45) is -1.05. The van der Waals surface area contributed by atoms with Gasteiger partial charge in [-0.2, -0.15) is 0 Å². The SMILES string of the molecule is CC(=O)NC[C@H]1CN(c2ccc(-c3ccc(-c4nnc(N)s4)cc3)c(F)c2)C(=O)O1. The number of nitrogen functional groups attached to an aromatic ring is 1. The third-order valence-electron chi connectivity index (χ3n) is 4.60. The van der Waals surface area contributed by atoms with Crippen molar-refractivity contribution in [2.24, 2.45) is 0 Å². The first kappa shape index (κ1) is 19.8. The van der Waals surface area contributed by atoms with Crippen LogP contribution in [-0.2, 0) is 9.53 Å². The second-order valence-electron chi connectivity index (χ2n) is 6.74. The molecule has 8 nitrogen and oxygen atoms in total. The molecule has 1 aliphatic rings. The average Bonchev–Trinajstić information content (AvgIpc) is 3.32. The van der Waals surface area contributed by atoms with Gasteiger partial charge in [-0.15, -0.1) is 10.2 Å². The predicted octanol–water partition coefficient (Wildman–Crippen LogP) is 3.05. The van der Waals surface area contributed by atoms with E-state index in [-0.39, 0.29) is 19.0 Å². The summed E-state index contributed by atoms with van der Waals surface area (Å²) in [6, 6.07) is 11.8. The third-order valence-corrected chi connectivity index (χ3v) is 5.40. The number of rotatable bonds is 5. The van der Waals surface area contributed by atoms with Gasteiger partial charge in [0.25, 0.3) is 0 Å². The van der Waals surface area contributed by atoms with Gasteiger partial charge in [-0.3, -0.25) is 9.69 Å². The molecule has 2 amide bonds. The van der Waals surface area contributed by atoms with E-state index in [9.17, 15) is 14.0 Å². The number of halogens is 1. The highest BCUT2D eigenvalue weighted by Gasteiger charge is 2.32. The summed E-state index contributed by atoms with van der Waals surface area (Å²) in [5.41, 5.74) is 7.94. The lowest BCUT2D eigenvalue weighted by Gasteiger charge is -2.14. The van der Waals surface area contributed by atoms with Gasteiger partial charge in [-0.05, 0) is 23.8 Å². The molecule has 2 aromatic carbocycles. The predicted molar refractivity (Wildman–Crippen MR) is 111 cm³/mol. The first-order valence-electron chi connectivity index (χ1n) is 9.12. The summed E-state index contributed by atoms with van der Waals surface area (Å²) >= 11 is 1.28. The van der Waals surface area contributed by atoms with Crippen molar-refractivity contribution in [3.63, 3.8) is 0 Å². The van der Waals surface area contributed by atoms with E-state index >= 15 is 0 Å². The average molecular weight is 427 g/mol. The maximum atomic E-state index is 14.8. The first-order chi connectivity index (χ1) is 14.4. The number of nitrogens with two attached hydrogens (primary N) is 1. The minimum Gasteiger partial charge on any atom is -0.442 e. The van der Waals surface area contributed by atoms with Crippen molar-refractivity contribution in [3.8, 4) is 21.7 Å². The Morgan fingerprint density at radius 2 is 2.00 bits per heavy atom. The van der Waals surface area contributed by atoms with Crippen LogP contribution in [0.3, 0.4) is 0 Å². The number of carbonyl (C=O) groups excluding carboxylic acids is 2. The Balaban J connectivity index is 1.51. The Morgan fingerprint density at radius 1 is 1.27 bits per heavy atom. The molecular formula is C20H18FN5O3S. The van der Waals surface area contributed by atoms with E-state index < -0.39 is 18.0 Å². The highest BCUT2D eigenvalue weighted by atomic mass is 32.1. The quantitative estimate of drug-likeness (QED) is 0.648. The van der Waals surface area contributed by atoms with Gasteiger partial charge < -0.3 is 15.8 Å². The second kappa shape index (κ2) is 8.07. The van der Waals surface area contributed by atoms with E-state index in [1.807, 2.05) is 12.1 Å². The largest absolute Gasteiger partial charge is 0.442 e. The Hall–Kier alpha value is -3.53. The fourth-order valence-corrected chi connectivity index (χ4v) is 3.76. The fraction of sp³-hybridized carbons (Fsp3) is 0.200. The van der Waals surface area contributed by atoms with E-state index in [0.29, 0.717) is 27.0 Å². The molecule has 1 aliphatic heterocycles. The minimum atomic E-state index is -0.571. The Bertz CT molecular complexity index is 1100. The molecule has 30 heavy (non-hydrogen) atoms. The number of hydrogen-bond acceptors (Lipinski definition) is 7. The lowest BCUT2D eigenvalue weighted by Crippen LogP contribution is -2.33. The van der Waals surface area contributed by atoms with Crippen LogP contribution < -0.4 is 16.0 Å². The van der Waals surface area contributed by atoms with Crippen molar-refractivity contribution in [2.45, 2.75) is 13.0 Å². The minimum absolute atomic E-state index is 0.208. The van der Waals surface area contributed by atoms with Gasteiger partial charge in [0.05, 0.1) is 18.8 Å². The van der Waals surface area contributed by atoms with E-state index in [1.165, 1.54) is 29.2 Å². The third kappa shape index (κ3) is 4.08. The molecule has 1 aromatic heterocycles. The van der Waals surface area contributed by atoms with Gasteiger partial charge in [-0.25, -0.2) is 9.18 Å². The van der Waals surface area contributed by atoms with Crippen LogP contribution in [0.4, 0.5) is 20.0 Å². The number of anilines is 2. The number of ether oxygens (including phenoxy) is 1. The van der Waals surface area contributed by atoms with Gasteiger partial charge >= 0.3 is 6.09 Å². The molecule has 3 aromatic rings. The molecule has 4 rings (SSSR count). The van der Waals surface area contributed by atoms with Crippen molar-refractivity contribution < 1.29 is 18.7 Å². The standard InChI is InChI=1S/C20H18FN5O3S/c1-11(27)23-9-15-10-26(20(28)29-15)14-6-7-16(17(21)8-14)12-2-4-13(5-3-12)18-24-25-19(22)30-18/h2-8,15H,9-10H2,1H3,(H2,22,25)(H,23,27)/t15-/m0/s1. The number of hydrogen-bond donors (Lipinski definition) is 2. The summed E-state index contributed by atoms with van der Waals surface area (Å²) < 4.78 is 20.0. The molecule has 154 valence electrons. The first-order valence-corrected chi connectivity index (χ1v) is 9.94. The van der Waals surface area contributed by atoms with Crippen LogP contribution in [0.2, 0.25) is 0 Å². The lowest BCUT2D eigenvalue weighted by molar-refractivity contribution is -0.119. The van der Waals surface area contributed by atoms with Crippen LogP contribution in [0.5, 0.6) is 0 Å². The number of nitrogens with one attached hydrogen (secondary N) is 1. The zero-order valence-electron chi connectivity index (χ0n) is 16.0. The molecule has 0 saturated carbocycles. The Labute approximate surface area is 175 Å². The fourth-order valence-electron chi connectivity index (χ4n) is 3.15. The molecule has 0 radical (unpaired) electrons. The summed E-state index contributed by atoms with van der Waals surface area (Å²) in [7, 11) is 0. The summed E-state index contributed by atoms with van der Waals surface area (Å²) in [6.45, 7) is 1.83. The highest BCUT2D eigenvalue weighted by molar-refractivity contribution is 7.18. The van der Waals surface area contributed by atoms with Gasteiger partial charge in [0.2, 0.25) is 11.0 Å². The molecule has 0 aliphatic carbocycles. The van der Waals surface area contributed by atoms with Crippen molar-refractivity contribution in [1.29, 1.82) is 0 Å². The normalized spacial score (nSPS) is 15.9. The van der Waals surface area contributed by atoms with Crippen LogP contribution in [0, 0.1) is 5.82 Å². The van der Waals surface area contributed by atoms with Crippen molar-refractivity contribution in [1.82, 2.24) is 15.5 Å². The molecule has 10 heteroatoms. The molecule has 1 saturated heterocycles. The highest BCUT2D eigenvalue weighted by Crippen LogP contribution is 2.31. The van der Waals surface area contributed by atoms with Crippen LogP contribution in [0.15, 0.2) is 42.5 Å². The maximum Gasteiger partial charge on any atom is 0.414 e. The molecule has 0 unspecified atom stereocenters. The number of nitrogens with zero attached hydrogens (tertiary/aromatic N) is 3. The van der Waals surface area contributed by atoms with Crippen molar-refractivity contribution in [3.05, 3.63) is 48.3 Å². The zero-order chi connectivity index (χ0) is 21.3. The molecule has 0 bridgehead atoms. The van der Waals surface area contributed by atoms with Crippen LogP contribution >= 0.6 is 11.3 Å². The molecule has 1 atom stereocenters. The van der Waals surface area contributed by atoms with Gasteiger partial charge in [0.1, 0.15) is 16.9 Å². The molecule has 1 fully saturated rings. The van der Waals surface area contributed by atoms with Crippen molar-refractivity contribution in [2.75, 3.05) is 23.7 Å². The van der Waals surface area contributed by atoms with Crippen LogP contribution in [-0.4, -0.2) is 41.4 Å². The van der Waals surface area contributed by atoms with Gasteiger partial charge in [-0.1, -0.05) is 35.6 Å². The van der Waals surface area contributed by atoms with Gasteiger partial charge in [0, 0.05) is 18.1 Å². The summed E-state index contributed by atoms with van der Waals surface area (Å²) in [5.74, 6) is -0.668. The molecule has 3 N–H and O–H groups in total. The van der Waals surface area contributed by atoms with Crippen LogP contribution in [0.1, 0.15) is 6.92 Å². The Morgan fingerprint density at radius 3 is 2.63 bits per heavy atom. The topological polar surface area (TPSA) is 110 Å². The number of aromatic nitrogens is 2. The van der Waals surface area contributed by atoms with Crippen LogP contribution in [0.25, 0.3) is 21.7 Å². The molecular weight excluding hydrogens is 409 g/mol. The summed E-state index contributed by atoms with van der Waals surface area (Å²) in [5, 5.41) is 11.5. The smallest absolute Gasteiger partial charge is 0.414 e. The Kier molecular flexibility index (Phi) is 5.32. The van der Waals surface area contributed by atoms with E-state index in [1.54, 1.807) is 24.3 Å². The van der Waals surface area contributed by atoms with Gasteiger partial charge in [0.15, 0.2) is 0 Å². The van der Waals surface area contributed by atoms with E-state index in [2.05, 4.69) is 15.5 Å². The van der Waals surface area contributed by atoms with E-state index in [0.717, 1.165) is 5.56 Å². The number of benzene rings is 2. The molecule has 0 spiro atoms. The molecule has 2 heterocycles.